The molecule has 0 saturated carbocycles. The first-order valence-electron chi connectivity index (χ1n) is 6.29. The van der Waals surface area contributed by atoms with Crippen LogP contribution in [0, 0.1) is 0 Å². The Bertz CT molecular complexity index is 630. The molecule has 110 valence electrons. The van der Waals surface area contributed by atoms with Gasteiger partial charge in [0.25, 0.3) is 5.91 Å². The van der Waals surface area contributed by atoms with E-state index in [9.17, 15) is 4.79 Å². The molecule has 0 radical (unpaired) electrons. The van der Waals surface area contributed by atoms with Crippen LogP contribution in [0.4, 0.5) is 5.69 Å². The molecule has 2 aromatic rings. The van der Waals surface area contributed by atoms with E-state index in [2.05, 4.69) is 5.32 Å². The van der Waals surface area contributed by atoms with E-state index in [1.165, 1.54) is 6.07 Å². The van der Waals surface area contributed by atoms with Gasteiger partial charge in [0.15, 0.2) is 0 Å². The van der Waals surface area contributed by atoms with Crippen molar-refractivity contribution < 1.29 is 9.53 Å². The zero-order valence-corrected chi connectivity index (χ0v) is 12.6. The topological polar surface area (TPSA) is 64.3 Å². The molecule has 0 unspecified atom stereocenters. The van der Waals surface area contributed by atoms with Crippen LogP contribution in [0.3, 0.4) is 0 Å². The van der Waals surface area contributed by atoms with Crippen LogP contribution in [0.15, 0.2) is 42.5 Å². The lowest BCUT2D eigenvalue weighted by molar-refractivity contribution is 0.102. The van der Waals surface area contributed by atoms with E-state index >= 15 is 0 Å². The number of nitrogens with two attached hydrogens (primary N) is 1. The van der Waals surface area contributed by atoms with Crippen LogP contribution in [0.25, 0.3) is 0 Å². The van der Waals surface area contributed by atoms with Crippen molar-refractivity contribution in [3.63, 3.8) is 0 Å². The predicted molar refractivity (Wildman–Crippen MR) is 85.4 cm³/mol. The monoisotopic (exact) mass is 324 g/mol. The third-order valence-electron chi connectivity index (χ3n) is 2.67. The smallest absolute Gasteiger partial charge is 0.257 e. The third kappa shape index (κ3) is 4.36. The van der Waals surface area contributed by atoms with Crippen LogP contribution >= 0.6 is 23.2 Å². The predicted octanol–water partition coefficient (Wildman–Crippen LogP) is 3.58. The van der Waals surface area contributed by atoms with Gasteiger partial charge < -0.3 is 15.8 Å². The summed E-state index contributed by atoms with van der Waals surface area (Å²) in [6, 6.07) is 11.7. The third-order valence-corrected chi connectivity index (χ3v) is 3.22. The molecule has 0 fully saturated rings. The molecule has 2 rings (SSSR count). The largest absolute Gasteiger partial charge is 0.492 e. The van der Waals surface area contributed by atoms with Crippen molar-refractivity contribution in [2.45, 2.75) is 0 Å². The van der Waals surface area contributed by atoms with E-state index in [0.29, 0.717) is 40.2 Å². The van der Waals surface area contributed by atoms with Crippen molar-refractivity contribution in [1.82, 2.24) is 0 Å². The second-order valence-corrected chi connectivity index (χ2v) is 5.08. The quantitative estimate of drug-likeness (QED) is 0.883. The second kappa shape index (κ2) is 7.31. The first kappa shape index (κ1) is 15.6. The van der Waals surface area contributed by atoms with E-state index in [0.717, 1.165) is 0 Å². The second-order valence-electron chi connectivity index (χ2n) is 4.24. The van der Waals surface area contributed by atoms with Gasteiger partial charge in [0.1, 0.15) is 12.4 Å². The minimum Gasteiger partial charge on any atom is -0.492 e. The maximum atomic E-state index is 12.1. The summed E-state index contributed by atoms with van der Waals surface area (Å²) >= 11 is 11.8. The molecule has 1 amide bonds. The van der Waals surface area contributed by atoms with Crippen LogP contribution in [0.2, 0.25) is 10.0 Å². The summed E-state index contributed by atoms with van der Waals surface area (Å²) in [5.41, 5.74) is 6.37. The molecule has 0 aliphatic carbocycles. The molecule has 0 atom stereocenters. The fourth-order valence-corrected chi connectivity index (χ4v) is 2.18. The fourth-order valence-electron chi connectivity index (χ4n) is 1.68. The van der Waals surface area contributed by atoms with Gasteiger partial charge in [-0.1, -0.05) is 23.2 Å². The molecule has 0 aliphatic rings. The van der Waals surface area contributed by atoms with E-state index in [-0.39, 0.29) is 5.91 Å². The zero-order chi connectivity index (χ0) is 15.2. The number of amides is 1. The van der Waals surface area contributed by atoms with Crippen molar-refractivity contribution in [2.75, 3.05) is 18.5 Å². The SMILES string of the molecule is NCCOc1ccc(NC(=O)c2ccc(Cl)cc2Cl)cc1. The number of rotatable bonds is 5. The van der Waals surface area contributed by atoms with E-state index in [1.807, 2.05) is 0 Å². The van der Waals surface area contributed by atoms with Crippen LogP contribution < -0.4 is 15.8 Å². The summed E-state index contributed by atoms with van der Waals surface area (Å²) in [7, 11) is 0. The number of carbonyl (C=O) groups is 1. The number of carbonyl (C=O) groups excluding carboxylic acids is 1. The summed E-state index contributed by atoms with van der Waals surface area (Å²) < 4.78 is 5.36. The molecule has 6 heteroatoms. The highest BCUT2D eigenvalue weighted by molar-refractivity contribution is 6.37. The Labute approximate surface area is 132 Å². The number of benzene rings is 2. The number of anilines is 1. The summed E-state index contributed by atoms with van der Waals surface area (Å²) in [5.74, 6) is 0.398. The minimum absolute atomic E-state index is 0.299. The van der Waals surface area contributed by atoms with Crippen molar-refractivity contribution in [3.8, 4) is 5.75 Å². The molecule has 0 saturated heterocycles. The number of nitrogens with one attached hydrogen (secondary N) is 1. The van der Waals surface area contributed by atoms with Crippen LogP contribution in [0.1, 0.15) is 10.4 Å². The molecule has 0 spiro atoms. The number of hydrogen-bond donors (Lipinski definition) is 2. The summed E-state index contributed by atoms with van der Waals surface area (Å²) in [6.45, 7) is 0.902. The zero-order valence-electron chi connectivity index (χ0n) is 11.1. The maximum Gasteiger partial charge on any atom is 0.257 e. The van der Waals surface area contributed by atoms with Gasteiger partial charge in [-0.3, -0.25) is 4.79 Å². The van der Waals surface area contributed by atoms with Gasteiger partial charge in [0.05, 0.1) is 10.6 Å². The molecule has 4 nitrogen and oxygen atoms in total. The Kier molecular flexibility index (Phi) is 5.44. The van der Waals surface area contributed by atoms with Gasteiger partial charge in [0, 0.05) is 17.3 Å². The number of ether oxygens (including phenoxy) is 1. The Balaban J connectivity index is 2.05. The molecule has 3 N–H and O–H groups in total. The van der Waals surface area contributed by atoms with Crippen LogP contribution in [0.5, 0.6) is 5.75 Å². The molecular weight excluding hydrogens is 311 g/mol. The molecular formula is C15H14Cl2N2O2. The molecule has 0 bridgehead atoms. The van der Waals surface area contributed by atoms with Gasteiger partial charge in [-0.15, -0.1) is 0 Å². The fraction of sp³-hybridized carbons (Fsp3) is 0.133. The molecule has 21 heavy (non-hydrogen) atoms. The van der Waals surface area contributed by atoms with E-state index < -0.39 is 0 Å². The van der Waals surface area contributed by atoms with E-state index in [4.69, 9.17) is 33.7 Å². The number of hydrogen-bond acceptors (Lipinski definition) is 3. The van der Waals surface area contributed by atoms with Gasteiger partial charge in [-0.2, -0.15) is 0 Å². The van der Waals surface area contributed by atoms with Crippen molar-refractivity contribution in [3.05, 3.63) is 58.1 Å². The Morgan fingerprint density at radius 3 is 2.48 bits per heavy atom. The van der Waals surface area contributed by atoms with Crippen LogP contribution in [-0.4, -0.2) is 19.1 Å². The first-order chi connectivity index (χ1) is 10.1. The summed E-state index contributed by atoms with van der Waals surface area (Å²) in [6.07, 6.45) is 0. The minimum atomic E-state index is -0.299. The Hall–Kier alpha value is -1.75. The highest BCUT2D eigenvalue weighted by Crippen LogP contribution is 2.22. The van der Waals surface area contributed by atoms with Crippen molar-refractivity contribution in [2.24, 2.45) is 5.73 Å². The average Bonchev–Trinajstić information content (AvgIpc) is 2.46. The van der Waals surface area contributed by atoms with Gasteiger partial charge in [-0.25, -0.2) is 0 Å². The average molecular weight is 325 g/mol. The lowest BCUT2D eigenvalue weighted by Gasteiger charge is -2.08. The lowest BCUT2D eigenvalue weighted by Crippen LogP contribution is -2.12. The summed E-state index contributed by atoms with van der Waals surface area (Å²) in [4.78, 5) is 12.1. The number of halogens is 2. The standard InChI is InChI=1S/C15H14Cl2N2O2/c16-10-1-6-13(14(17)9-10)15(20)19-11-2-4-12(5-3-11)21-8-7-18/h1-6,9H,7-8,18H2,(H,19,20). The highest BCUT2D eigenvalue weighted by atomic mass is 35.5. The first-order valence-corrected chi connectivity index (χ1v) is 7.05. The van der Waals surface area contributed by atoms with Crippen LogP contribution in [-0.2, 0) is 0 Å². The van der Waals surface area contributed by atoms with E-state index in [1.54, 1.807) is 36.4 Å². The highest BCUT2D eigenvalue weighted by Gasteiger charge is 2.11. The van der Waals surface area contributed by atoms with Crippen molar-refractivity contribution >= 4 is 34.8 Å². The normalized spacial score (nSPS) is 10.2. The molecule has 0 heterocycles. The van der Waals surface area contributed by atoms with Crippen molar-refractivity contribution in [1.29, 1.82) is 0 Å². The van der Waals surface area contributed by atoms with Gasteiger partial charge >= 0.3 is 0 Å². The molecule has 0 aliphatic heterocycles. The van der Waals surface area contributed by atoms with Gasteiger partial charge in [0.2, 0.25) is 0 Å². The van der Waals surface area contributed by atoms with Gasteiger partial charge in [-0.05, 0) is 42.5 Å². The Morgan fingerprint density at radius 1 is 1.14 bits per heavy atom. The molecule has 2 aromatic carbocycles. The summed E-state index contributed by atoms with van der Waals surface area (Å²) in [5, 5.41) is 3.55. The molecule has 0 aromatic heterocycles. The maximum absolute atomic E-state index is 12.1. The lowest BCUT2D eigenvalue weighted by atomic mass is 10.2. The Morgan fingerprint density at radius 2 is 1.86 bits per heavy atom.